The molecular formula is C17H15Cl2FIN3O2. The molecule has 2 aromatic heterocycles. The van der Waals surface area contributed by atoms with Gasteiger partial charge in [0.1, 0.15) is 17.1 Å². The number of pyridine rings is 1. The highest BCUT2D eigenvalue weighted by Crippen LogP contribution is 2.42. The fraction of sp³-hybridized carbons (Fsp3) is 0.294. The minimum absolute atomic E-state index is 0.0849. The molecule has 0 saturated carbocycles. The number of H-pyrrole nitrogens is 1. The predicted octanol–water partition coefficient (Wildman–Crippen LogP) is 6.14. The van der Waals surface area contributed by atoms with Crippen molar-refractivity contribution in [1.29, 1.82) is 0 Å². The van der Waals surface area contributed by atoms with Gasteiger partial charge in [-0.15, -0.1) is 0 Å². The number of aromatic amines is 1. The van der Waals surface area contributed by atoms with Gasteiger partial charge in [-0.1, -0.05) is 23.2 Å². The first-order chi connectivity index (χ1) is 12.0. The molecule has 0 saturated heterocycles. The Morgan fingerprint density at radius 3 is 2.58 bits per heavy atom. The van der Waals surface area contributed by atoms with Crippen LogP contribution in [0.3, 0.4) is 0 Å². The van der Waals surface area contributed by atoms with Gasteiger partial charge in [0.15, 0.2) is 0 Å². The second-order valence-corrected chi connectivity index (χ2v) is 8.67. The monoisotopic (exact) mass is 509 g/mol. The summed E-state index contributed by atoms with van der Waals surface area (Å²) in [5, 5.41) is 1.22. The lowest BCUT2D eigenvalue weighted by Crippen LogP contribution is -2.34. The smallest absolute Gasteiger partial charge is 0.414 e. The molecule has 0 spiro atoms. The lowest BCUT2D eigenvalue weighted by atomic mass is 10.1. The van der Waals surface area contributed by atoms with Crippen LogP contribution < -0.4 is 4.90 Å². The minimum Gasteiger partial charge on any atom is -0.443 e. The lowest BCUT2D eigenvalue weighted by molar-refractivity contribution is 0.0589. The largest absolute Gasteiger partial charge is 0.443 e. The zero-order valence-corrected chi connectivity index (χ0v) is 18.0. The number of fused-ring (bicyclic) bond motifs is 3. The maximum atomic E-state index is 14.5. The van der Waals surface area contributed by atoms with Crippen molar-refractivity contribution in [2.45, 2.75) is 26.4 Å². The van der Waals surface area contributed by atoms with E-state index >= 15 is 0 Å². The molecule has 5 nitrogen and oxygen atoms in total. The molecular weight excluding hydrogens is 495 g/mol. The summed E-state index contributed by atoms with van der Waals surface area (Å²) in [6.07, 6.45) is 0.982. The van der Waals surface area contributed by atoms with E-state index in [0.717, 1.165) is 0 Å². The Labute approximate surface area is 172 Å². The summed E-state index contributed by atoms with van der Waals surface area (Å²) >= 11 is 14.7. The van der Waals surface area contributed by atoms with Crippen LogP contribution in [0.25, 0.3) is 21.9 Å². The zero-order chi connectivity index (χ0) is 19.4. The fourth-order valence-corrected chi connectivity index (χ4v) is 3.46. The summed E-state index contributed by atoms with van der Waals surface area (Å²) in [6.45, 7) is 5.27. The molecule has 2 heterocycles. The first-order valence-corrected chi connectivity index (χ1v) is 9.45. The van der Waals surface area contributed by atoms with Crippen LogP contribution in [0.2, 0.25) is 10.0 Å². The Hall–Kier alpha value is -1.32. The van der Waals surface area contributed by atoms with E-state index in [1.54, 1.807) is 27.0 Å². The van der Waals surface area contributed by atoms with Crippen LogP contribution in [0.15, 0.2) is 12.3 Å². The van der Waals surface area contributed by atoms with Crippen molar-refractivity contribution in [3.63, 3.8) is 0 Å². The van der Waals surface area contributed by atoms with Crippen LogP contribution in [-0.2, 0) is 4.74 Å². The molecule has 0 radical (unpaired) electrons. The van der Waals surface area contributed by atoms with E-state index < -0.39 is 17.5 Å². The molecule has 3 rings (SSSR count). The van der Waals surface area contributed by atoms with Gasteiger partial charge in [-0.3, -0.25) is 4.90 Å². The zero-order valence-electron chi connectivity index (χ0n) is 14.4. The van der Waals surface area contributed by atoms with Crippen LogP contribution in [-0.4, -0.2) is 28.7 Å². The molecule has 138 valence electrons. The molecule has 1 aromatic carbocycles. The molecule has 0 bridgehead atoms. The highest BCUT2D eigenvalue weighted by atomic mass is 127. The predicted molar refractivity (Wildman–Crippen MR) is 111 cm³/mol. The summed E-state index contributed by atoms with van der Waals surface area (Å²) in [5.41, 5.74) is 0.504. The highest BCUT2D eigenvalue weighted by Gasteiger charge is 2.26. The topological polar surface area (TPSA) is 58.2 Å². The molecule has 3 aromatic rings. The second kappa shape index (κ2) is 6.69. The molecule has 0 fully saturated rings. The van der Waals surface area contributed by atoms with Crippen molar-refractivity contribution in [3.8, 4) is 0 Å². The van der Waals surface area contributed by atoms with Gasteiger partial charge in [-0.2, -0.15) is 0 Å². The van der Waals surface area contributed by atoms with Crippen molar-refractivity contribution in [2.75, 3.05) is 11.9 Å². The number of halogens is 4. The summed E-state index contributed by atoms with van der Waals surface area (Å²) < 4.78 is 20.6. The number of rotatable bonds is 1. The van der Waals surface area contributed by atoms with Crippen LogP contribution in [0, 0.1) is 9.39 Å². The summed E-state index contributed by atoms with van der Waals surface area (Å²) in [7, 11) is 1.50. The highest BCUT2D eigenvalue weighted by molar-refractivity contribution is 14.1. The number of aromatic nitrogens is 2. The average Bonchev–Trinajstić information content (AvgIpc) is 2.92. The molecule has 26 heavy (non-hydrogen) atoms. The van der Waals surface area contributed by atoms with Gasteiger partial charge < -0.3 is 9.72 Å². The standard InChI is InChI=1S/C17H15Cl2FIN3O2/c1-17(2,3)26-16(25)24(4)9-5-7(20)12(18)10-11-13(19)8(21)6-22-15(11)23-14(9)10/h5-6H,1-4H3,(H,22,23). The van der Waals surface area contributed by atoms with Gasteiger partial charge in [0, 0.05) is 30.1 Å². The third-order valence-corrected chi connectivity index (χ3v) is 5.59. The molecule has 1 amide bonds. The Bertz CT molecular complexity index is 1050. The van der Waals surface area contributed by atoms with E-state index in [4.69, 9.17) is 27.9 Å². The molecule has 0 aliphatic rings. The van der Waals surface area contributed by atoms with Crippen LogP contribution in [0.1, 0.15) is 20.8 Å². The molecule has 0 aliphatic heterocycles. The summed E-state index contributed by atoms with van der Waals surface area (Å²) in [6, 6.07) is 1.18. The van der Waals surface area contributed by atoms with Crippen molar-refractivity contribution in [3.05, 3.63) is 31.7 Å². The number of amides is 1. The van der Waals surface area contributed by atoms with Gasteiger partial charge >= 0.3 is 6.09 Å². The molecule has 0 atom stereocenters. The van der Waals surface area contributed by atoms with Crippen LogP contribution >= 0.6 is 45.8 Å². The maximum Gasteiger partial charge on any atom is 0.414 e. The van der Waals surface area contributed by atoms with Crippen molar-refractivity contribution in [1.82, 2.24) is 9.97 Å². The van der Waals surface area contributed by atoms with E-state index in [1.807, 2.05) is 22.6 Å². The number of hydrogen-bond donors (Lipinski definition) is 1. The van der Waals surface area contributed by atoms with Crippen LogP contribution in [0.4, 0.5) is 14.9 Å². The van der Waals surface area contributed by atoms with E-state index in [-0.39, 0.29) is 10.7 Å². The number of hydrogen-bond acceptors (Lipinski definition) is 3. The minimum atomic E-state index is -0.684. The molecule has 9 heteroatoms. The third kappa shape index (κ3) is 3.32. The average molecular weight is 510 g/mol. The molecule has 0 unspecified atom stereocenters. The van der Waals surface area contributed by atoms with E-state index in [0.29, 0.717) is 30.5 Å². The number of nitrogens with zero attached hydrogens (tertiary/aromatic N) is 2. The number of anilines is 1. The van der Waals surface area contributed by atoms with Gasteiger partial charge in [-0.25, -0.2) is 14.2 Å². The number of carbonyl (C=O) groups is 1. The third-order valence-electron chi connectivity index (χ3n) is 3.69. The van der Waals surface area contributed by atoms with E-state index in [9.17, 15) is 9.18 Å². The Morgan fingerprint density at radius 1 is 1.31 bits per heavy atom. The summed E-state index contributed by atoms with van der Waals surface area (Å²) in [4.78, 5) is 21.0. The van der Waals surface area contributed by atoms with Gasteiger partial charge in [0.2, 0.25) is 0 Å². The lowest BCUT2D eigenvalue weighted by Gasteiger charge is -2.25. The first-order valence-electron chi connectivity index (χ1n) is 7.61. The van der Waals surface area contributed by atoms with Crippen molar-refractivity contribution in [2.24, 2.45) is 0 Å². The van der Waals surface area contributed by atoms with Crippen molar-refractivity contribution >= 4 is 79.5 Å². The number of benzene rings is 1. The number of nitrogens with one attached hydrogen (secondary N) is 1. The van der Waals surface area contributed by atoms with E-state index in [2.05, 4.69) is 9.97 Å². The number of carbonyl (C=O) groups excluding carboxylic acids is 1. The van der Waals surface area contributed by atoms with Gasteiger partial charge in [0.25, 0.3) is 0 Å². The SMILES string of the molecule is CN(C(=O)OC(C)(C)C)c1cc(F)c(Cl)c2c1[nH]c1ncc(I)c(Cl)c12. The molecule has 0 aliphatic carbocycles. The fourth-order valence-electron chi connectivity index (χ4n) is 2.57. The Morgan fingerprint density at radius 2 is 1.96 bits per heavy atom. The Kier molecular flexibility index (Phi) is 5.00. The maximum absolute atomic E-state index is 14.5. The quantitative estimate of drug-likeness (QED) is 0.401. The van der Waals surface area contributed by atoms with E-state index in [1.165, 1.54) is 18.0 Å². The van der Waals surface area contributed by atoms with Gasteiger partial charge in [0.05, 0.1) is 24.8 Å². The first kappa shape index (κ1) is 19.4. The normalized spacial score (nSPS) is 12.0. The summed E-state index contributed by atoms with van der Waals surface area (Å²) in [5.74, 6) is -0.666. The van der Waals surface area contributed by atoms with Crippen LogP contribution in [0.5, 0.6) is 0 Å². The Balaban J connectivity index is 2.29. The number of ether oxygens (including phenoxy) is 1. The second-order valence-electron chi connectivity index (χ2n) is 6.75. The van der Waals surface area contributed by atoms with Gasteiger partial charge in [-0.05, 0) is 43.4 Å². The van der Waals surface area contributed by atoms with Crippen molar-refractivity contribution < 1.29 is 13.9 Å². The molecule has 1 N–H and O–H groups in total.